The van der Waals surface area contributed by atoms with E-state index in [-0.39, 0.29) is 12.5 Å². The van der Waals surface area contributed by atoms with Gasteiger partial charge in [-0.05, 0) is 24.6 Å². The summed E-state index contributed by atoms with van der Waals surface area (Å²) in [6, 6.07) is 7.47. The molecule has 1 aromatic rings. The summed E-state index contributed by atoms with van der Waals surface area (Å²) in [5.41, 5.74) is 0. The van der Waals surface area contributed by atoms with Gasteiger partial charge in [-0.15, -0.1) is 0 Å². The van der Waals surface area contributed by atoms with Gasteiger partial charge in [0, 0.05) is 30.5 Å². The van der Waals surface area contributed by atoms with Crippen LogP contribution in [-0.4, -0.2) is 43.4 Å². The third-order valence-corrected chi connectivity index (χ3v) is 3.21. The molecular weight excluding hydrogens is 336 g/mol. The van der Waals surface area contributed by atoms with Crippen molar-refractivity contribution in [2.45, 2.75) is 25.9 Å². The van der Waals surface area contributed by atoms with Crippen LogP contribution >= 0.6 is 15.9 Å². The van der Waals surface area contributed by atoms with E-state index in [9.17, 15) is 9.90 Å². The lowest BCUT2D eigenvalue weighted by Crippen LogP contribution is -2.34. The van der Waals surface area contributed by atoms with Gasteiger partial charge in [-0.3, -0.25) is 4.79 Å². The third-order valence-electron chi connectivity index (χ3n) is 2.72. The number of aliphatic hydroxyl groups excluding tert-OH is 1. The molecule has 0 heterocycles. The Hall–Kier alpha value is -1.11. The molecule has 0 spiro atoms. The van der Waals surface area contributed by atoms with Gasteiger partial charge >= 0.3 is 0 Å². The fourth-order valence-electron chi connectivity index (χ4n) is 1.63. The van der Waals surface area contributed by atoms with Gasteiger partial charge < -0.3 is 20.5 Å². The van der Waals surface area contributed by atoms with Crippen LogP contribution in [0, 0.1) is 0 Å². The standard InChI is InChI=1S/C15H23BrN2O3/c1-2-7-18-15(20)6-8-17-10-13(19)11-21-14-5-3-4-12(16)9-14/h3-5,9,13,17,19H,2,6-8,10-11H2,1H3,(H,18,20). The van der Waals surface area contributed by atoms with Crippen LogP contribution in [0.2, 0.25) is 0 Å². The second-order valence-corrected chi connectivity index (χ2v) is 5.64. The Kier molecular flexibility index (Phi) is 9.05. The third kappa shape index (κ3) is 8.70. The quantitative estimate of drug-likeness (QED) is 0.556. The molecular formula is C15H23BrN2O3. The molecule has 5 nitrogen and oxygen atoms in total. The van der Waals surface area contributed by atoms with Gasteiger partial charge in [-0.2, -0.15) is 0 Å². The van der Waals surface area contributed by atoms with E-state index < -0.39 is 6.10 Å². The molecule has 1 atom stereocenters. The van der Waals surface area contributed by atoms with Crippen LogP contribution in [0.3, 0.4) is 0 Å². The van der Waals surface area contributed by atoms with E-state index in [2.05, 4.69) is 26.6 Å². The second-order valence-electron chi connectivity index (χ2n) is 4.73. The van der Waals surface area contributed by atoms with Crippen LogP contribution in [0.5, 0.6) is 5.75 Å². The van der Waals surface area contributed by atoms with Crippen LogP contribution in [0.15, 0.2) is 28.7 Å². The maximum absolute atomic E-state index is 11.3. The zero-order chi connectivity index (χ0) is 15.5. The molecule has 6 heteroatoms. The average Bonchev–Trinajstić information content (AvgIpc) is 2.47. The van der Waals surface area contributed by atoms with E-state index in [0.29, 0.717) is 31.8 Å². The molecule has 1 rings (SSSR count). The number of carbonyl (C=O) groups is 1. The van der Waals surface area contributed by atoms with E-state index in [1.807, 2.05) is 31.2 Å². The highest BCUT2D eigenvalue weighted by Gasteiger charge is 2.06. The molecule has 0 saturated carbocycles. The van der Waals surface area contributed by atoms with Gasteiger partial charge in [0.1, 0.15) is 18.5 Å². The van der Waals surface area contributed by atoms with Crippen molar-refractivity contribution in [1.29, 1.82) is 0 Å². The Labute approximate surface area is 134 Å². The van der Waals surface area contributed by atoms with Crippen LogP contribution in [-0.2, 0) is 4.79 Å². The fraction of sp³-hybridized carbons (Fsp3) is 0.533. The van der Waals surface area contributed by atoms with Crippen molar-refractivity contribution in [3.63, 3.8) is 0 Å². The number of amides is 1. The minimum atomic E-state index is -0.609. The molecule has 1 amide bonds. The van der Waals surface area contributed by atoms with Gasteiger partial charge in [-0.25, -0.2) is 0 Å². The topological polar surface area (TPSA) is 70.6 Å². The van der Waals surface area contributed by atoms with E-state index in [1.54, 1.807) is 0 Å². The summed E-state index contributed by atoms with van der Waals surface area (Å²) >= 11 is 3.36. The van der Waals surface area contributed by atoms with Crippen LogP contribution in [0.25, 0.3) is 0 Å². The largest absolute Gasteiger partial charge is 0.491 e. The first-order chi connectivity index (χ1) is 10.1. The van der Waals surface area contributed by atoms with Crippen molar-refractivity contribution in [2.24, 2.45) is 0 Å². The molecule has 21 heavy (non-hydrogen) atoms. The maximum atomic E-state index is 11.3. The predicted molar refractivity (Wildman–Crippen MR) is 86.4 cm³/mol. The lowest BCUT2D eigenvalue weighted by Gasteiger charge is -2.13. The van der Waals surface area contributed by atoms with Crippen LogP contribution < -0.4 is 15.4 Å². The Morgan fingerprint density at radius 1 is 1.43 bits per heavy atom. The molecule has 1 aromatic carbocycles. The summed E-state index contributed by atoms with van der Waals surface area (Å²) in [5.74, 6) is 0.742. The van der Waals surface area contributed by atoms with E-state index in [4.69, 9.17) is 4.74 Å². The highest BCUT2D eigenvalue weighted by Crippen LogP contribution is 2.17. The number of ether oxygens (including phenoxy) is 1. The molecule has 0 aliphatic carbocycles. The zero-order valence-corrected chi connectivity index (χ0v) is 13.9. The molecule has 1 unspecified atom stereocenters. The Morgan fingerprint density at radius 2 is 2.24 bits per heavy atom. The van der Waals surface area contributed by atoms with Crippen molar-refractivity contribution in [3.05, 3.63) is 28.7 Å². The summed E-state index contributed by atoms with van der Waals surface area (Å²) in [6.45, 7) is 3.88. The molecule has 0 bridgehead atoms. The van der Waals surface area contributed by atoms with Crippen molar-refractivity contribution < 1.29 is 14.6 Å². The van der Waals surface area contributed by atoms with Crippen molar-refractivity contribution in [2.75, 3.05) is 26.2 Å². The number of hydrogen-bond donors (Lipinski definition) is 3. The summed E-state index contributed by atoms with van der Waals surface area (Å²) in [6.07, 6.45) is 0.743. The molecule has 0 radical (unpaired) electrons. The van der Waals surface area contributed by atoms with Crippen LogP contribution in [0.4, 0.5) is 0 Å². The lowest BCUT2D eigenvalue weighted by molar-refractivity contribution is -0.121. The van der Waals surface area contributed by atoms with Crippen molar-refractivity contribution in [1.82, 2.24) is 10.6 Å². The minimum Gasteiger partial charge on any atom is -0.491 e. The first-order valence-electron chi connectivity index (χ1n) is 7.15. The van der Waals surface area contributed by atoms with E-state index >= 15 is 0 Å². The highest BCUT2D eigenvalue weighted by molar-refractivity contribution is 9.10. The van der Waals surface area contributed by atoms with E-state index in [0.717, 1.165) is 10.9 Å². The van der Waals surface area contributed by atoms with Gasteiger partial charge in [0.05, 0.1) is 0 Å². The van der Waals surface area contributed by atoms with Crippen LogP contribution in [0.1, 0.15) is 19.8 Å². The molecule has 0 fully saturated rings. The summed E-state index contributed by atoms with van der Waals surface area (Å²) in [7, 11) is 0. The number of hydrogen-bond acceptors (Lipinski definition) is 4. The van der Waals surface area contributed by atoms with Crippen molar-refractivity contribution >= 4 is 21.8 Å². The number of halogens is 1. The number of aliphatic hydroxyl groups is 1. The average molecular weight is 359 g/mol. The maximum Gasteiger partial charge on any atom is 0.221 e. The van der Waals surface area contributed by atoms with Crippen molar-refractivity contribution in [3.8, 4) is 5.75 Å². The summed E-state index contributed by atoms with van der Waals surface area (Å²) in [5, 5.41) is 15.6. The van der Waals surface area contributed by atoms with Gasteiger partial charge in [0.25, 0.3) is 0 Å². The number of nitrogens with one attached hydrogen (secondary N) is 2. The molecule has 0 saturated heterocycles. The SMILES string of the molecule is CCCNC(=O)CCNCC(O)COc1cccc(Br)c1. The summed E-state index contributed by atoms with van der Waals surface area (Å²) in [4.78, 5) is 11.3. The molecule has 0 aromatic heterocycles. The monoisotopic (exact) mass is 358 g/mol. The molecule has 3 N–H and O–H groups in total. The summed E-state index contributed by atoms with van der Waals surface area (Å²) < 4.78 is 6.42. The van der Waals surface area contributed by atoms with Gasteiger partial charge in [0.15, 0.2) is 0 Å². The number of rotatable bonds is 10. The minimum absolute atomic E-state index is 0.0317. The predicted octanol–water partition coefficient (Wildman–Crippen LogP) is 1.69. The number of benzene rings is 1. The lowest BCUT2D eigenvalue weighted by atomic mass is 10.3. The fourth-order valence-corrected chi connectivity index (χ4v) is 2.01. The smallest absolute Gasteiger partial charge is 0.221 e. The first-order valence-corrected chi connectivity index (χ1v) is 7.95. The Morgan fingerprint density at radius 3 is 2.95 bits per heavy atom. The molecule has 0 aliphatic heterocycles. The second kappa shape index (κ2) is 10.6. The molecule has 118 valence electrons. The highest BCUT2D eigenvalue weighted by atomic mass is 79.9. The number of carbonyl (C=O) groups excluding carboxylic acids is 1. The normalized spacial score (nSPS) is 12.0. The van der Waals surface area contributed by atoms with Gasteiger partial charge in [0.2, 0.25) is 5.91 Å². The van der Waals surface area contributed by atoms with Gasteiger partial charge in [-0.1, -0.05) is 28.9 Å². The molecule has 0 aliphatic rings. The Balaban J connectivity index is 2.08. The Bertz CT molecular complexity index is 429. The first kappa shape index (κ1) is 17.9. The zero-order valence-electron chi connectivity index (χ0n) is 12.3. The van der Waals surface area contributed by atoms with E-state index in [1.165, 1.54) is 0 Å².